The fraction of sp³-hybridized carbons (Fsp3) is 1.00. The Balaban J connectivity index is 2.38. The summed E-state index contributed by atoms with van der Waals surface area (Å²) in [5, 5.41) is 9.49. The zero-order chi connectivity index (χ0) is 7.56. The zero-order valence-corrected chi connectivity index (χ0v) is 7.01. The Bertz CT molecular complexity index is 90.9. The van der Waals surface area contributed by atoms with Crippen LogP contribution in [0.5, 0.6) is 0 Å². The van der Waals surface area contributed by atoms with Gasteiger partial charge in [0.1, 0.15) is 0 Å². The Morgan fingerprint density at radius 2 is 2.10 bits per heavy atom. The standard InChI is InChI=1S/C9H18O/c1-3-4-8-7(2)5-6-9(8)10/h7-10H,3-6H2,1-2H3/t7?,8-,9+/m1/s1. The van der Waals surface area contributed by atoms with Crippen LogP contribution >= 0.6 is 0 Å². The van der Waals surface area contributed by atoms with Crippen LogP contribution in [0.2, 0.25) is 0 Å². The van der Waals surface area contributed by atoms with Gasteiger partial charge in [-0.1, -0.05) is 20.3 Å². The number of hydrogen-bond acceptors (Lipinski definition) is 1. The van der Waals surface area contributed by atoms with Gasteiger partial charge in [-0.05, 0) is 31.1 Å². The Labute approximate surface area is 63.4 Å². The largest absolute Gasteiger partial charge is 0.393 e. The van der Waals surface area contributed by atoms with Crippen LogP contribution in [-0.4, -0.2) is 11.2 Å². The van der Waals surface area contributed by atoms with Gasteiger partial charge < -0.3 is 5.11 Å². The second-order valence-electron chi connectivity index (χ2n) is 3.57. The normalized spacial score (nSPS) is 40.5. The lowest BCUT2D eigenvalue weighted by atomic mass is 9.92. The molecule has 0 amide bonds. The summed E-state index contributed by atoms with van der Waals surface area (Å²) in [5.74, 6) is 1.36. The van der Waals surface area contributed by atoms with E-state index in [0.717, 1.165) is 12.3 Å². The van der Waals surface area contributed by atoms with E-state index < -0.39 is 0 Å². The van der Waals surface area contributed by atoms with Gasteiger partial charge in [0.15, 0.2) is 0 Å². The maximum Gasteiger partial charge on any atom is 0.0571 e. The van der Waals surface area contributed by atoms with Gasteiger partial charge in [0, 0.05) is 0 Å². The van der Waals surface area contributed by atoms with E-state index in [-0.39, 0.29) is 6.10 Å². The zero-order valence-electron chi connectivity index (χ0n) is 7.01. The summed E-state index contributed by atoms with van der Waals surface area (Å²) in [7, 11) is 0. The van der Waals surface area contributed by atoms with Crippen molar-refractivity contribution in [2.75, 3.05) is 0 Å². The second-order valence-corrected chi connectivity index (χ2v) is 3.57. The lowest BCUT2D eigenvalue weighted by Crippen LogP contribution is -2.16. The third-order valence-corrected chi connectivity index (χ3v) is 2.76. The summed E-state index contributed by atoms with van der Waals surface area (Å²) in [6, 6.07) is 0. The van der Waals surface area contributed by atoms with E-state index in [1.807, 2.05) is 0 Å². The van der Waals surface area contributed by atoms with Crippen LogP contribution in [0.3, 0.4) is 0 Å². The van der Waals surface area contributed by atoms with Gasteiger partial charge in [0.25, 0.3) is 0 Å². The minimum Gasteiger partial charge on any atom is -0.393 e. The van der Waals surface area contributed by atoms with Crippen LogP contribution in [0.4, 0.5) is 0 Å². The molecule has 0 aromatic carbocycles. The van der Waals surface area contributed by atoms with Crippen LogP contribution in [0.15, 0.2) is 0 Å². The average molecular weight is 142 g/mol. The lowest BCUT2D eigenvalue weighted by molar-refractivity contribution is 0.114. The maximum atomic E-state index is 9.49. The monoisotopic (exact) mass is 142 g/mol. The third-order valence-electron chi connectivity index (χ3n) is 2.76. The molecule has 0 aromatic rings. The highest BCUT2D eigenvalue weighted by molar-refractivity contribution is 4.81. The molecule has 0 saturated heterocycles. The molecule has 0 radical (unpaired) electrons. The van der Waals surface area contributed by atoms with E-state index in [1.165, 1.54) is 19.3 Å². The minimum atomic E-state index is 0.00921. The van der Waals surface area contributed by atoms with Crippen LogP contribution < -0.4 is 0 Å². The molecule has 3 atom stereocenters. The van der Waals surface area contributed by atoms with Gasteiger partial charge in [-0.2, -0.15) is 0 Å². The Morgan fingerprint density at radius 3 is 2.50 bits per heavy atom. The van der Waals surface area contributed by atoms with E-state index in [4.69, 9.17) is 0 Å². The predicted octanol–water partition coefficient (Wildman–Crippen LogP) is 2.19. The van der Waals surface area contributed by atoms with Gasteiger partial charge in [-0.15, -0.1) is 0 Å². The van der Waals surface area contributed by atoms with Crippen LogP contribution in [0.25, 0.3) is 0 Å². The summed E-state index contributed by atoms with van der Waals surface area (Å²) >= 11 is 0. The van der Waals surface area contributed by atoms with Gasteiger partial charge in [-0.25, -0.2) is 0 Å². The van der Waals surface area contributed by atoms with Crippen LogP contribution in [-0.2, 0) is 0 Å². The Hall–Kier alpha value is -0.0400. The van der Waals surface area contributed by atoms with Crippen molar-refractivity contribution in [3.8, 4) is 0 Å². The van der Waals surface area contributed by atoms with Crippen molar-refractivity contribution in [3.05, 3.63) is 0 Å². The van der Waals surface area contributed by atoms with Crippen molar-refractivity contribution in [3.63, 3.8) is 0 Å². The summed E-state index contributed by atoms with van der Waals surface area (Å²) < 4.78 is 0. The molecule has 1 heteroatoms. The Kier molecular flexibility index (Phi) is 2.72. The predicted molar refractivity (Wildman–Crippen MR) is 42.8 cm³/mol. The molecule has 1 fully saturated rings. The van der Waals surface area contributed by atoms with Crippen molar-refractivity contribution in [2.45, 2.75) is 45.6 Å². The van der Waals surface area contributed by atoms with Crippen molar-refractivity contribution in [1.29, 1.82) is 0 Å². The fourth-order valence-corrected chi connectivity index (χ4v) is 2.05. The number of aliphatic hydroxyl groups is 1. The molecule has 10 heavy (non-hydrogen) atoms. The Morgan fingerprint density at radius 1 is 1.40 bits per heavy atom. The van der Waals surface area contributed by atoms with Crippen molar-refractivity contribution >= 4 is 0 Å². The minimum absolute atomic E-state index is 0.00921. The number of aliphatic hydroxyl groups excluding tert-OH is 1. The maximum absolute atomic E-state index is 9.49. The van der Waals surface area contributed by atoms with Gasteiger partial charge >= 0.3 is 0 Å². The molecule has 0 heterocycles. The summed E-state index contributed by atoms with van der Waals surface area (Å²) in [6.45, 7) is 4.45. The lowest BCUT2D eigenvalue weighted by Gasteiger charge is -2.17. The third kappa shape index (κ3) is 1.51. The van der Waals surface area contributed by atoms with Gasteiger partial charge in [0.05, 0.1) is 6.10 Å². The van der Waals surface area contributed by atoms with Gasteiger partial charge in [-0.3, -0.25) is 0 Å². The molecule has 0 spiro atoms. The molecule has 1 rings (SSSR count). The first-order valence-corrected chi connectivity index (χ1v) is 4.43. The highest BCUT2D eigenvalue weighted by Crippen LogP contribution is 2.34. The molecular formula is C9H18O. The number of hydrogen-bond donors (Lipinski definition) is 1. The first-order chi connectivity index (χ1) is 4.75. The molecule has 1 N–H and O–H groups in total. The van der Waals surface area contributed by atoms with E-state index >= 15 is 0 Å². The highest BCUT2D eigenvalue weighted by atomic mass is 16.3. The first kappa shape index (κ1) is 8.06. The quantitative estimate of drug-likeness (QED) is 0.626. The summed E-state index contributed by atoms with van der Waals surface area (Å²) in [6.07, 6.45) is 4.70. The first-order valence-electron chi connectivity index (χ1n) is 4.43. The SMILES string of the molecule is CCC[C@@H]1C(C)CC[C@@H]1O. The average Bonchev–Trinajstić information content (AvgIpc) is 2.20. The smallest absolute Gasteiger partial charge is 0.0571 e. The molecule has 1 nitrogen and oxygen atoms in total. The van der Waals surface area contributed by atoms with Crippen molar-refractivity contribution < 1.29 is 5.11 Å². The van der Waals surface area contributed by atoms with Gasteiger partial charge in [0.2, 0.25) is 0 Å². The van der Waals surface area contributed by atoms with Crippen molar-refractivity contribution in [2.24, 2.45) is 11.8 Å². The molecule has 0 aliphatic heterocycles. The molecular weight excluding hydrogens is 124 g/mol. The topological polar surface area (TPSA) is 20.2 Å². The van der Waals surface area contributed by atoms with E-state index in [9.17, 15) is 5.11 Å². The second kappa shape index (κ2) is 3.38. The van der Waals surface area contributed by atoms with Crippen molar-refractivity contribution in [1.82, 2.24) is 0 Å². The fourth-order valence-electron chi connectivity index (χ4n) is 2.05. The van der Waals surface area contributed by atoms with E-state index in [1.54, 1.807) is 0 Å². The van der Waals surface area contributed by atoms with Crippen LogP contribution in [0.1, 0.15) is 39.5 Å². The highest BCUT2D eigenvalue weighted by Gasteiger charge is 2.30. The molecule has 1 aliphatic rings. The van der Waals surface area contributed by atoms with E-state index in [2.05, 4.69) is 13.8 Å². The number of rotatable bonds is 2. The molecule has 60 valence electrons. The summed E-state index contributed by atoms with van der Waals surface area (Å²) in [5.41, 5.74) is 0. The molecule has 0 bridgehead atoms. The molecule has 1 saturated carbocycles. The molecule has 1 aliphatic carbocycles. The molecule has 0 aromatic heterocycles. The van der Waals surface area contributed by atoms with E-state index in [0.29, 0.717) is 5.92 Å². The molecule has 1 unspecified atom stereocenters. The van der Waals surface area contributed by atoms with Crippen LogP contribution in [0, 0.1) is 11.8 Å². The summed E-state index contributed by atoms with van der Waals surface area (Å²) in [4.78, 5) is 0.